The predicted octanol–water partition coefficient (Wildman–Crippen LogP) is 5.32. The molecule has 0 aromatic heterocycles. The van der Waals surface area contributed by atoms with Crippen LogP contribution in [0.15, 0.2) is 43.0 Å². The number of hydrogen-bond acceptors (Lipinski definition) is 1. The van der Waals surface area contributed by atoms with Gasteiger partial charge in [0, 0.05) is 11.4 Å². The van der Waals surface area contributed by atoms with Gasteiger partial charge in [0.1, 0.15) is 0 Å². The second-order valence-corrected chi connectivity index (χ2v) is 5.59. The number of carboxylic acid groups (broad SMARTS) is 1. The van der Waals surface area contributed by atoms with E-state index in [1.165, 1.54) is 0 Å². The maximum absolute atomic E-state index is 11.3. The van der Waals surface area contributed by atoms with Crippen molar-refractivity contribution in [2.24, 2.45) is 0 Å². The van der Waals surface area contributed by atoms with E-state index in [2.05, 4.69) is 6.58 Å². The zero-order chi connectivity index (χ0) is 15.6. The summed E-state index contributed by atoms with van der Waals surface area (Å²) >= 11 is 12.6. The monoisotopic (exact) mass is 320 g/mol. The SMILES string of the molecule is C=C(C)c1ccc(Cl)c(Cc2ccccc2C(=O)O)c1Cl. The Kier molecular flexibility index (Phi) is 4.71. The van der Waals surface area contributed by atoms with Crippen LogP contribution < -0.4 is 0 Å². The number of aromatic carboxylic acids is 1. The molecule has 0 atom stereocenters. The maximum atomic E-state index is 11.3. The molecule has 0 heterocycles. The molecule has 0 radical (unpaired) electrons. The van der Waals surface area contributed by atoms with Crippen LogP contribution in [0.5, 0.6) is 0 Å². The van der Waals surface area contributed by atoms with E-state index in [1.807, 2.05) is 13.0 Å². The summed E-state index contributed by atoms with van der Waals surface area (Å²) in [7, 11) is 0. The van der Waals surface area contributed by atoms with Crippen LogP contribution in [0, 0.1) is 0 Å². The van der Waals surface area contributed by atoms with Crippen LogP contribution in [0.1, 0.15) is 34.0 Å². The Balaban J connectivity index is 2.52. The molecule has 0 aliphatic heterocycles. The van der Waals surface area contributed by atoms with Gasteiger partial charge >= 0.3 is 5.97 Å². The predicted molar refractivity (Wildman–Crippen MR) is 87.4 cm³/mol. The van der Waals surface area contributed by atoms with E-state index < -0.39 is 5.97 Å². The van der Waals surface area contributed by atoms with Crippen molar-refractivity contribution in [1.82, 2.24) is 0 Å². The van der Waals surface area contributed by atoms with Crippen LogP contribution in [-0.2, 0) is 6.42 Å². The first-order valence-electron chi connectivity index (χ1n) is 6.35. The lowest BCUT2D eigenvalue weighted by atomic mass is 9.97. The van der Waals surface area contributed by atoms with Gasteiger partial charge in [-0.3, -0.25) is 0 Å². The molecule has 2 rings (SSSR count). The Morgan fingerprint density at radius 2 is 1.81 bits per heavy atom. The molecule has 0 bridgehead atoms. The van der Waals surface area contributed by atoms with E-state index in [-0.39, 0.29) is 5.56 Å². The highest BCUT2D eigenvalue weighted by Crippen LogP contribution is 2.33. The topological polar surface area (TPSA) is 37.3 Å². The van der Waals surface area contributed by atoms with Crippen molar-refractivity contribution in [2.45, 2.75) is 13.3 Å². The zero-order valence-electron chi connectivity index (χ0n) is 11.5. The Morgan fingerprint density at radius 1 is 1.14 bits per heavy atom. The molecule has 21 heavy (non-hydrogen) atoms. The smallest absolute Gasteiger partial charge is 0.335 e. The van der Waals surface area contributed by atoms with Crippen molar-refractivity contribution in [3.63, 3.8) is 0 Å². The number of halogens is 2. The lowest BCUT2D eigenvalue weighted by Gasteiger charge is -2.13. The highest BCUT2D eigenvalue weighted by Gasteiger charge is 2.15. The number of allylic oxidation sites excluding steroid dienone is 1. The fourth-order valence-electron chi connectivity index (χ4n) is 2.16. The first-order valence-corrected chi connectivity index (χ1v) is 7.11. The number of hydrogen-bond donors (Lipinski definition) is 1. The van der Waals surface area contributed by atoms with Gasteiger partial charge < -0.3 is 5.11 Å². The number of carboxylic acids is 1. The molecule has 108 valence electrons. The standard InChI is InChI=1S/C17H14Cl2O2/c1-10(2)12-7-8-15(18)14(16(12)19)9-11-5-3-4-6-13(11)17(20)21/h3-8H,1,9H2,2H3,(H,20,21). The Hall–Kier alpha value is -1.77. The van der Waals surface area contributed by atoms with Gasteiger partial charge in [0.25, 0.3) is 0 Å². The quantitative estimate of drug-likeness (QED) is 0.828. The average Bonchev–Trinajstić information content (AvgIpc) is 2.43. The largest absolute Gasteiger partial charge is 0.478 e. The van der Waals surface area contributed by atoms with Crippen molar-refractivity contribution in [3.8, 4) is 0 Å². The Labute approximate surface area is 133 Å². The number of rotatable bonds is 4. The van der Waals surface area contributed by atoms with E-state index in [0.717, 1.165) is 11.1 Å². The van der Waals surface area contributed by atoms with Crippen molar-refractivity contribution >= 4 is 34.7 Å². The molecule has 0 unspecified atom stereocenters. The van der Waals surface area contributed by atoms with Crippen LogP contribution in [0.25, 0.3) is 5.57 Å². The summed E-state index contributed by atoms with van der Waals surface area (Å²) in [6.07, 6.45) is 0.362. The van der Waals surface area contributed by atoms with Gasteiger partial charge in [0.15, 0.2) is 0 Å². The molecular weight excluding hydrogens is 307 g/mol. The van der Waals surface area contributed by atoms with Crippen LogP contribution >= 0.6 is 23.2 Å². The molecule has 0 saturated carbocycles. The number of benzene rings is 2. The summed E-state index contributed by atoms with van der Waals surface area (Å²) in [5.41, 5.74) is 3.30. The second kappa shape index (κ2) is 6.33. The fraction of sp³-hybridized carbons (Fsp3) is 0.118. The van der Waals surface area contributed by atoms with Gasteiger partial charge in [-0.05, 0) is 41.3 Å². The normalized spacial score (nSPS) is 10.4. The summed E-state index contributed by atoms with van der Waals surface area (Å²) in [4.78, 5) is 11.3. The fourth-order valence-corrected chi connectivity index (χ4v) is 2.83. The third-order valence-corrected chi connectivity index (χ3v) is 4.05. The van der Waals surface area contributed by atoms with Crippen LogP contribution in [0.4, 0.5) is 0 Å². The van der Waals surface area contributed by atoms with E-state index in [0.29, 0.717) is 27.6 Å². The van der Waals surface area contributed by atoms with Gasteiger partial charge in [0.2, 0.25) is 0 Å². The third kappa shape index (κ3) is 3.29. The molecule has 1 N–H and O–H groups in total. The van der Waals surface area contributed by atoms with E-state index in [9.17, 15) is 9.90 Å². The molecule has 0 saturated heterocycles. The van der Waals surface area contributed by atoms with Crippen molar-refractivity contribution in [1.29, 1.82) is 0 Å². The molecule has 2 nitrogen and oxygen atoms in total. The summed E-state index contributed by atoms with van der Waals surface area (Å²) in [6.45, 7) is 5.75. The maximum Gasteiger partial charge on any atom is 0.335 e. The van der Waals surface area contributed by atoms with Gasteiger partial charge in [-0.2, -0.15) is 0 Å². The van der Waals surface area contributed by atoms with Crippen LogP contribution in [-0.4, -0.2) is 11.1 Å². The minimum Gasteiger partial charge on any atom is -0.478 e. The molecule has 0 spiro atoms. The van der Waals surface area contributed by atoms with Gasteiger partial charge in [-0.1, -0.05) is 54.0 Å². The van der Waals surface area contributed by atoms with Gasteiger partial charge in [-0.15, -0.1) is 0 Å². The molecule has 0 fully saturated rings. The molecule has 0 aliphatic carbocycles. The summed E-state index contributed by atoms with van der Waals surface area (Å²) in [6, 6.07) is 10.4. The van der Waals surface area contributed by atoms with Crippen molar-refractivity contribution in [3.05, 3.63) is 75.3 Å². The molecule has 2 aromatic rings. The minimum atomic E-state index is -0.964. The first-order chi connectivity index (χ1) is 9.91. The highest BCUT2D eigenvalue weighted by molar-refractivity contribution is 6.37. The van der Waals surface area contributed by atoms with Crippen molar-refractivity contribution < 1.29 is 9.90 Å². The van der Waals surface area contributed by atoms with Crippen molar-refractivity contribution in [2.75, 3.05) is 0 Å². The van der Waals surface area contributed by atoms with E-state index in [4.69, 9.17) is 23.2 Å². The third-order valence-electron chi connectivity index (χ3n) is 3.26. The first kappa shape index (κ1) is 15.6. The summed E-state index contributed by atoms with van der Waals surface area (Å²) in [5.74, 6) is -0.964. The Morgan fingerprint density at radius 3 is 2.43 bits per heavy atom. The molecule has 4 heteroatoms. The zero-order valence-corrected chi connectivity index (χ0v) is 13.0. The Bertz CT molecular complexity index is 721. The lowest BCUT2D eigenvalue weighted by molar-refractivity contribution is 0.0696. The second-order valence-electron chi connectivity index (χ2n) is 4.81. The molecular formula is C17H14Cl2O2. The summed E-state index contributed by atoms with van der Waals surface area (Å²) < 4.78 is 0. The molecule has 0 amide bonds. The van der Waals surface area contributed by atoms with Gasteiger partial charge in [-0.25, -0.2) is 4.79 Å². The lowest BCUT2D eigenvalue weighted by Crippen LogP contribution is -2.03. The molecule has 2 aromatic carbocycles. The van der Waals surface area contributed by atoms with Gasteiger partial charge in [0.05, 0.1) is 10.6 Å². The van der Waals surface area contributed by atoms with Crippen LogP contribution in [0.3, 0.4) is 0 Å². The minimum absolute atomic E-state index is 0.255. The van der Waals surface area contributed by atoms with Crippen LogP contribution in [0.2, 0.25) is 10.0 Å². The average molecular weight is 321 g/mol. The van der Waals surface area contributed by atoms with E-state index in [1.54, 1.807) is 30.3 Å². The highest BCUT2D eigenvalue weighted by atomic mass is 35.5. The summed E-state index contributed by atoms with van der Waals surface area (Å²) in [5, 5.41) is 10.3. The molecule has 0 aliphatic rings. The number of carbonyl (C=O) groups is 1. The van der Waals surface area contributed by atoms with E-state index >= 15 is 0 Å².